The van der Waals surface area contributed by atoms with Crippen LogP contribution in [0, 0.1) is 0 Å². The smallest absolute Gasteiger partial charge is 0.243 e. The molecule has 1 aliphatic heterocycles. The number of fused-ring (bicyclic) bond motifs is 1. The Morgan fingerprint density at radius 2 is 2.27 bits per heavy atom. The number of para-hydroxylation sites is 2. The summed E-state index contributed by atoms with van der Waals surface area (Å²) >= 11 is 0. The number of carbonyl (C=O) groups excluding carboxylic acids is 2. The molecule has 1 atom stereocenters. The molecule has 6 heteroatoms. The van der Waals surface area contributed by atoms with Gasteiger partial charge in [0, 0.05) is 6.54 Å². The van der Waals surface area contributed by atoms with Crippen LogP contribution in [0.2, 0.25) is 0 Å². The first kappa shape index (κ1) is 14.3. The SMILES string of the molecule is C=CC(=O)NCC(=O)N1CCCC1c1nc2ccccc2[nH]1. The number of nitrogens with zero attached hydrogens (tertiary/aromatic N) is 2. The molecule has 22 heavy (non-hydrogen) atoms. The summed E-state index contributed by atoms with van der Waals surface area (Å²) in [6.45, 7) is 4.04. The van der Waals surface area contributed by atoms with Crippen LogP contribution in [0.3, 0.4) is 0 Å². The van der Waals surface area contributed by atoms with E-state index in [0.717, 1.165) is 35.8 Å². The maximum atomic E-state index is 12.3. The lowest BCUT2D eigenvalue weighted by molar-refractivity contribution is -0.133. The predicted molar refractivity (Wildman–Crippen MR) is 83.0 cm³/mol. The molecule has 0 bridgehead atoms. The van der Waals surface area contributed by atoms with E-state index < -0.39 is 0 Å². The summed E-state index contributed by atoms with van der Waals surface area (Å²) in [6.07, 6.45) is 2.97. The minimum absolute atomic E-state index is 0.0123. The molecule has 0 spiro atoms. The maximum absolute atomic E-state index is 12.3. The molecule has 0 saturated carbocycles. The quantitative estimate of drug-likeness (QED) is 0.840. The van der Waals surface area contributed by atoms with Crippen molar-refractivity contribution in [3.8, 4) is 0 Å². The van der Waals surface area contributed by atoms with Crippen LogP contribution in [0.5, 0.6) is 0 Å². The van der Waals surface area contributed by atoms with E-state index in [2.05, 4.69) is 21.9 Å². The Hall–Kier alpha value is -2.63. The van der Waals surface area contributed by atoms with E-state index in [1.54, 1.807) is 4.90 Å². The first-order valence-electron chi connectivity index (χ1n) is 7.33. The van der Waals surface area contributed by atoms with Crippen LogP contribution >= 0.6 is 0 Å². The Bertz CT molecular complexity index is 689. The molecule has 1 saturated heterocycles. The number of aromatic nitrogens is 2. The molecule has 1 fully saturated rings. The lowest BCUT2D eigenvalue weighted by Crippen LogP contribution is -2.39. The second-order valence-electron chi connectivity index (χ2n) is 5.31. The van der Waals surface area contributed by atoms with Crippen LogP contribution in [-0.4, -0.2) is 39.8 Å². The zero-order chi connectivity index (χ0) is 15.5. The third-order valence-electron chi connectivity index (χ3n) is 3.90. The maximum Gasteiger partial charge on any atom is 0.243 e. The minimum Gasteiger partial charge on any atom is -0.343 e. The lowest BCUT2D eigenvalue weighted by Gasteiger charge is -2.23. The molecule has 1 aromatic heterocycles. The largest absolute Gasteiger partial charge is 0.343 e. The van der Waals surface area contributed by atoms with Gasteiger partial charge >= 0.3 is 0 Å². The number of benzene rings is 1. The number of nitrogens with one attached hydrogen (secondary N) is 2. The van der Waals surface area contributed by atoms with Crippen molar-refractivity contribution >= 4 is 22.8 Å². The molecule has 1 unspecified atom stereocenters. The predicted octanol–water partition coefficient (Wildman–Crippen LogP) is 1.53. The zero-order valence-corrected chi connectivity index (χ0v) is 12.2. The second-order valence-corrected chi connectivity index (χ2v) is 5.31. The first-order chi connectivity index (χ1) is 10.7. The molecule has 2 amide bonds. The van der Waals surface area contributed by atoms with Gasteiger partial charge in [-0.3, -0.25) is 9.59 Å². The van der Waals surface area contributed by atoms with Gasteiger partial charge < -0.3 is 15.2 Å². The fourth-order valence-corrected chi connectivity index (χ4v) is 2.82. The second kappa shape index (κ2) is 6.01. The molecule has 1 aromatic carbocycles. The van der Waals surface area contributed by atoms with Crippen molar-refractivity contribution in [2.75, 3.05) is 13.1 Å². The first-order valence-corrected chi connectivity index (χ1v) is 7.33. The molecule has 0 radical (unpaired) electrons. The molecule has 6 nitrogen and oxygen atoms in total. The number of hydrogen-bond acceptors (Lipinski definition) is 3. The highest BCUT2D eigenvalue weighted by Crippen LogP contribution is 2.31. The third-order valence-corrected chi connectivity index (χ3v) is 3.90. The number of imidazole rings is 1. The molecular weight excluding hydrogens is 280 g/mol. The summed E-state index contributed by atoms with van der Waals surface area (Å²) in [4.78, 5) is 33.1. The van der Waals surface area contributed by atoms with E-state index in [1.165, 1.54) is 0 Å². The number of aromatic amines is 1. The Labute approximate surface area is 128 Å². The number of amides is 2. The molecule has 2 heterocycles. The fraction of sp³-hybridized carbons (Fsp3) is 0.312. The monoisotopic (exact) mass is 298 g/mol. The van der Waals surface area contributed by atoms with Crippen LogP contribution in [-0.2, 0) is 9.59 Å². The van der Waals surface area contributed by atoms with Gasteiger partial charge in [0.05, 0.1) is 23.6 Å². The van der Waals surface area contributed by atoms with Crippen LogP contribution in [0.1, 0.15) is 24.7 Å². The van der Waals surface area contributed by atoms with Crippen molar-refractivity contribution in [2.24, 2.45) is 0 Å². The van der Waals surface area contributed by atoms with Gasteiger partial charge in [-0.1, -0.05) is 18.7 Å². The summed E-state index contributed by atoms with van der Waals surface area (Å²) in [5.41, 5.74) is 1.87. The van der Waals surface area contributed by atoms with Gasteiger partial charge in [-0.25, -0.2) is 4.98 Å². The Morgan fingerprint density at radius 3 is 3.05 bits per heavy atom. The number of rotatable bonds is 4. The van der Waals surface area contributed by atoms with E-state index >= 15 is 0 Å². The highest BCUT2D eigenvalue weighted by Gasteiger charge is 2.31. The average molecular weight is 298 g/mol. The van der Waals surface area contributed by atoms with Gasteiger partial charge in [-0.05, 0) is 31.1 Å². The van der Waals surface area contributed by atoms with Crippen LogP contribution in [0.4, 0.5) is 0 Å². The average Bonchev–Trinajstić information content (AvgIpc) is 3.17. The van der Waals surface area contributed by atoms with E-state index in [4.69, 9.17) is 0 Å². The molecule has 3 rings (SSSR count). The van der Waals surface area contributed by atoms with Crippen molar-refractivity contribution < 1.29 is 9.59 Å². The van der Waals surface area contributed by atoms with E-state index in [-0.39, 0.29) is 24.4 Å². The number of likely N-dealkylation sites (tertiary alicyclic amines) is 1. The van der Waals surface area contributed by atoms with Gasteiger partial charge in [0.2, 0.25) is 11.8 Å². The summed E-state index contributed by atoms with van der Waals surface area (Å²) in [7, 11) is 0. The Morgan fingerprint density at radius 1 is 1.45 bits per heavy atom. The van der Waals surface area contributed by atoms with Crippen molar-refractivity contribution in [1.29, 1.82) is 0 Å². The molecule has 2 N–H and O–H groups in total. The molecule has 2 aromatic rings. The number of H-pyrrole nitrogens is 1. The third kappa shape index (κ3) is 2.72. The Kier molecular flexibility index (Phi) is 3.91. The van der Waals surface area contributed by atoms with Crippen LogP contribution < -0.4 is 5.32 Å². The van der Waals surface area contributed by atoms with Crippen LogP contribution in [0.25, 0.3) is 11.0 Å². The molecular formula is C16H18N4O2. The van der Waals surface area contributed by atoms with Crippen molar-refractivity contribution in [3.63, 3.8) is 0 Å². The molecule has 1 aliphatic rings. The highest BCUT2D eigenvalue weighted by molar-refractivity contribution is 5.90. The standard InChI is InChI=1S/C16H18N4O2/c1-2-14(21)17-10-15(22)20-9-5-8-13(20)16-18-11-6-3-4-7-12(11)19-16/h2-4,6-7,13H,1,5,8-10H2,(H,17,21)(H,18,19). The highest BCUT2D eigenvalue weighted by atomic mass is 16.2. The van der Waals surface area contributed by atoms with E-state index in [9.17, 15) is 9.59 Å². The number of hydrogen-bond donors (Lipinski definition) is 2. The zero-order valence-electron chi connectivity index (χ0n) is 12.2. The Balaban J connectivity index is 1.76. The van der Waals surface area contributed by atoms with Gasteiger partial charge in [0.25, 0.3) is 0 Å². The summed E-state index contributed by atoms with van der Waals surface area (Å²) < 4.78 is 0. The normalized spacial score (nSPS) is 17.6. The fourth-order valence-electron chi connectivity index (χ4n) is 2.82. The van der Waals surface area contributed by atoms with E-state index in [0.29, 0.717) is 6.54 Å². The van der Waals surface area contributed by atoms with Gasteiger partial charge in [-0.2, -0.15) is 0 Å². The van der Waals surface area contributed by atoms with Crippen molar-refractivity contribution in [2.45, 2.75) is 18.9 Å². The van der Waals surface area contributed by atoms with Crippen LogP contribution in [0.15, 0.2) is 36.9 Å². The lowest BCUT2D eigenvalue weighted by atomic mass is 10.2. The van der Waals surface area contributed by atoms with E-state index in [1.807, 2.05) is 24.3 Å². The summed E-state index contributed by atoms with van der Waals surface area (Å²) in [5.74, 6) is 0.369. The minimum atomic E-state index is -0.340. The number of carbonyl (C=O) groups is 2. The van der Waals surface area contributed by atoms with Gasteiger partial charge in [0.15, 0.2) is 0 Å². The van der Waals surface area contributed by atoms with Crippen molar-refractivity contribution in [1.82, 2.24) is 20.2 Å². The summed E-state index contributed by atoms with van der Waals surface area (Å²) in [5, 5.41) is 2.53. The molecule has 114 valence electrons. The van der Waals surface area contributed by atoms with Gasteiger partial charge in [-0.15, -0.1) is 0 Å². The van der Waals surface area contributed by atoms with Gasteiger partial charge in [0.1, 0.15) is 5.82 Å². The topological polar surface area (TPSA) is 78.1 Å². The molecule has 0 aliphatic carbocycles. The summed E-state index contributed by atoms with van der Waals surface area (Å²) in [6, 6.07) is 7.75. The van der Waals surface area contributed by atoms with Crippen molar-refractivity contribution in [3.05, 3.63) is 42.7 Å².